The third-order valence-corrected chi connectivity index (χ3v) is 4.64. The van der Waals surface area contributed by atoms with Crippen LogP contribution >= 0.6 is 15.9 Å². The molecule has 1 aromatic heterocycles. The Morgan fingerprint density at radius 2 is 2.10 bits per heavy atom. The molecule has 1 N–H and O–H groups in total. The molecule has 0 fully saturated rings. The first-order valence-electron chi connectivity index (χ1n) is 5.76. The molecule has 0 saturated heterocycles. The highest BCUT2D eigenvalue weighted by atomic mass is 79.9. The molecule has 0 aliphatic rings. The van der Waals surface area contributed by atoms with E-state index in [-0.39, 0.29) is 10.8 Å². The van der Waals surface area contributed by atoms with Gasteiger partial charge < -0.3 is 4.74 Å². The van der Waals surface area contributed by atoms with Crippen molar-refractivity contribution in [3.8, 4) is 5.88 Å². The Kier molecular flexibility index (Phi) is 4.89. The third-order valence-electron chi connectivity index (χ3n) is 2.72. The van der Waals surface area contributed by atoms with Crippen molar-refractivity contribution in [2.75, 3.05) is 11.8 Å². The Morgan fingerprint density at radius 1 is 1.38 bits per heavy atom. The molecule has 0 aliphatic heterocycles. The van der Waals surface area contributed by atoms with Gasteiger partial charge in [0.05, 0.1) is 12.0 Å². The predicted molar refractivity (Wildman–Crippen MR) is 79.6 cm³/mol. The SMILES string of the molecule is COc1ncc(Br)c(C)c1NS(=O)c1ccc(F)cc1F. The van der Waals surface area contributed by atoms with E-state index in [9.17, 15) is 13.0 Å². The molecule has 0 aliphatic carbocycles. The second-order valence-corrected chi connectivity index (χ2v) is 6.10. The van der Waals surface area contributed by atoms with Crippen LogP contribution < -0.4 is 9.46 Å². The maximum atomic E-state index is 13.6. The molecule has 1 heterocycles. The smallest absolute Gasteiger partial charge is 0.238 e. The number of nitrogens with zero attached hydrogens (tertiary/aromatic N) is 1. The fourth-order valence-electron chi connectivity index (χ4n) is 1.60. The highest BCUT2D eigenvalue weighted by Gasteiger charge is 2.17. The molecule has 0 saturated carbocycles. The standard InChI is InChI=1S/C13H11BrF2N2O2S/c1-7-9(14)6-17-13(20-2)12(7)18-21(19)11-4-3-8(15)5-10(11)16/h3-6,18H,1-2H3. The lowest BCUT2D eigenvalue weighted by molar-refractivity contribution is 0.400. The van der Waals surface area contributed by atoms with Gasteiger partial charge in [-0.15, -0.1) is 0 Å². The van der Waals surface area contributed by atoms with Gasteiger partial charge in [0, 0.05) is 16.7 Å². The Morgan fingerprint density at radius 3 is 2.71 bits per heavy atom. The van der Waals surface area contributed by atoms with Gasteiger partial charge in [-0.25, -0.2) is 18.0 Å². The number of ether oxygens (including phenoxy) is 1. The van der Waals surface area contributed by atoms with E-state index in [0.717, 1.165) is 12.1 Å². The first kappa shape index (κ1) is 15.8. The molecule has 0 radical (unpaired) electrons. The van der Waals surface area contributed by atoms with Gasteiger partial charge in [-0.1, -0.05) is 0 Å². The van der Waals surface area contributed by atoms with E-state index in [1.165, 1.54) is 7.11 Å². The fourth-order valence-corrected chi connectivity index (χ4v) is 2.87. The number of pyridine rings is 1. The molecule has 0 spiro atoms. The van der Waals surface area contributed by atoms with Crippen LogP contribution in [0.15, 0.2) is 33.8 Å². The highest BCUT2D eigenvalue weighted by molar-refractivity contribution is 9.10. The minimum atomic E-state index is -1.92. The number of aromatic nitrogens is 1. The topological polar surface area (TPSA) is 51.2 Å². The summed E-state index contributed by atoms with van der Waals surface area (Å²) in [5.41, 5.74) is 1.08. The van der Waals surface area contributed by atoms with Gasteiger partial charge in [0.15, 0.2) is 11.0 Å². The minimum Gasteiger partial charge on any atom is -0.479 e. The zero-order valence-electron chi connectivity index (χ0n) is 11.1. The van der Waals surface area contributed by atoms with Crippen molar-refractivity contribution in [3.63, 3.8) is 0 Å². The second kappa shape index (κ2) is 6.48. The number of halogens is 3. The molecule has 1 atom stereocenters. The molecular formula is C13H11BrF2N2O2S. The molecule has 0 bridgehead atoms. The van der Waals surface area contributed by atoms with Crippen molar-refractivity contribution in [3.05, 3.63) is 46.1 Å². The van der Waals surface area contributed by atoms with Crippen molar-refractivity contribution in [1.82, 2.24) is 4.98 Å². The van der Waals surface area contributed by atoms with Crippen molar-refractivity contribution in [1.29, 1.82) is 0 Å². The van der Waals surface area contributed by atoms with Crippen molar-refractivity contribution < 1.29 is 17.7 Å². The maximum Gasteiger partial charge on any atom is 0.238 e. The molecule has 2 aromatic rings. The first-order valence-corrected chi connectivity index (χ1v) is 7.71. The Balaban J connectivity index is 2.38. The minimum absolute atomic E-state index is 0.155. The molecular weight excluding hydrogens is 366 g/mol. The summed E-state index contributed by atoms with van der Waals surface area (Å²) in [6.45, 7) is 1.76. The molecule has 112 valence electrons. The number of nitrogens with one attached hydrogen (secondary N) is 1. The number of hydrogen-bond acceptors (Lipinski definition) is 3. The van der Waals surface area contributed by atoms with Gasteiger partial charge in [-0.05, 0) is 40.5 Å². The zero-order chi connectivity index (χ0) is 15.6. The molecule has 0 amide bonds. The van der Waals surface area contributed by atoms with Crippen LogP contribution in [0.2, 0.25) is 0 Å². The summed E-state index contributed by atoms with van der Waals surface area (Å²) >= 11 is 3.30. The lowest BCUT2D eigenvalue weighted by Gasteiger charge is -2.13. The van der Waals surface area contributed by atoms with Crippen LogP contribution in [0, 0.1) is 18.6 Å². The van der Waals surface area contributed by atoms with Gasteiger partial charge in [-0.3, -0.25) is 4.72 Å². The number of methoxy groups -OCH3 is 1. The van der Waals surface area contributed by atoms with Crippen LogP contribution in [-0.4, -0.2) is 16.3 Å². The molecule has 1 aromatic carbocycles. The van der Waals surface area contributed by atoms with Gasteiger partial charge >= 0.3 is 0 Å². The van der Waals surface area contributed by atoms with Crippen LogP contribution in [0.3, 0.4) is 0 Å². The average molecular weight is 377 g/mol. The Bertz CT molecular complexity index is 713. The van der Waals surface area contributed by atoms with E-state index >= 15 is 0 Å². The molecule has 21 heavy (non-hydrogen) atoms. The molecule has 4 nitrogen and oxygen atoms in total. The summed E-state index contributed by atoms with van der Waals surface area (Å²) in [4.78, 5) is 3.87. The molecule has 8 heteroatoms. The second-order valence-electron chi connectivity index (χ2n) is 4.06. The van der Waals surface area contributed by atoms with Gasteiger partial charge in [0.1, 0.15) is 17.3 Å². The van der Waals surface area contributed by atoms with Gasteiger partial charge in [0.25, 0.3) is 0 Å². The fraction of sp³-hybridized carbons (Fsp3) is 0.154. The highest BCUT2D eigenvalue weighted by Crippen LogP contribution is 2.32. The Hall–Kier alpha value is -1.54. The lowest BCUT2D eigenvalue weighted by Crippen LogP contribution is -2.10. The molecule has 2 rings (SSSR count). The molecule has 1 unspecified atom stereocenters. The monoisotopic (exact) mass is 376 g/mol. The van der Waals surface area contributed by atoms with Crippen LogP contribution in [0.4, 0.5) is 14.5 Å². The quantitative estimate of drug-likeness (QED) is 0.887. The number of hydrogen-bond donors (Lipinski definition) is 1. The normalized spacial score (nSPS) is 12.0. The van der Waals surface area contributed by atoms with E-state index in [0.29, 0.717) is 21.8 Å². The Labute approximate surface area is 131 Å². The van der Waals surface area contributed by atoms with Crippen LogP contribution in [0.1, 0.15) is 5.56 Å². The maximum absolute atomic E-state index is 13.6. The largest absolute Gasteiger partial charge is 0.479 e. The number of anilines is 1. The van der Waals surface area contributed by atoms with Crippen LogP contribution in [0.5, 0.6) is 5.88 Å². The first-order chi connectivity index (χ1) is 9.93. The zero-order valence-corrected chi connectivity index (χ0v) is 13.5. The van der Waals surface area contributed by atoms with Crippen molar-refractivity contribution in [2.45, 2.75) is 11.8 Å². The summed E-state index contributed by atoms with van der Waals surface area (Å²) in [6.07, 6.45) is 1.54. The van der Waals surface area contributed by atoms with Crippen LogP contribution in [-0.2, 0) is 11.0 Å². The van der Waals surface area contributed by atoms with Crippen molar-refractivity contribution in [2.24, 2.45) is 0 Å². The summed E-state index contributed by atoms with van der Waals surface area (Å²) in [5.74, 6) is -1.39. The van der Waals surface area contributed by atoms with E-state index in [4.69, 9.17) is 4.74 Å². The van der Waals surface area contributed by atoms with Gasteiger partial charge in [0.2, 0.25) is 5.88 Å². The average Bonchev–Trinajstić information content (AvgIpc) is 2.44. The number of rotatable bonds is 4. The van der Waals surface area contributed by atoms with E-state index in [1.54, 1.807) is 13.1 Å². The van der Waals surface area contributed by atoms with E-state index < -0.39 is 22.6 Å². The number of benzene rings is 1. The summed E-state index contributed by atoms with van der Waals surface area (Å²) in [5, 5.41) is 0. The summed E-state index contributed by atoms with van der Waals surface area (Å²) < 4.78 is 47.1. The summed E-state index contributed by atoms with van der Waals surface area (Å²) in [6, 6.07) is 2.85. The van der Waals surface area contributed by atoms with Crippen LogP contribution in [0.25, 0.3) is 0 Å². The van der Waals surface area contributed by atoms with Gasteiger partial charge in [-0.2, -0.15) is 0 Å². The summed E-state index contributed by atoms with van der Waals surface area (Å²) in [7, 11) is -0.498. The van der Waals surface area contributed by atoms with E-state index in [1.807, 2.05) is 0 Å². The third kappa shape index (κ3) is 3.38. The predicted octanol–water partition coefficient (Wildman–Crippen LogP) is 3.57. The van der Waals surface area contributed by atoms with Crippen molar-refractivity contribution >= 4 is 32.6 Å². The van der Waals surface area contributed by atoms with E-state index in [2.05, 4.69) is 25.6 Å². The lowest BCUT2D eigenvalue weighted by atomic mass is 10.2.